The molecule has 0 spiro atoms. The Morgan fingerprint density at radius 1 is 1.29 bits per heavy atom. The molecule has 1 unspecified atom stereocenters. The molecule has 1 fully saturated rings. The van der Waals surface area contributed by atoms with E-state index in [4.69, 9.17) is 0 Å². The molecule has 0 radical (unpaired) electrons. The van der Waals surface area contributed by atoms with Gasteiger partial charge in [-0.25, -0.2) is 5.10 Å². The van der Waals surface area contributed by atoms with Gasteiger partial charge in [-0.15, -0.1) is 12.4 Å². The SMILES string of the molecule is CCN1CCCC1CNC(=O)Cc1n[nH]c(=O)c2c1CCCC2.Cl. The van der Waals surface area contributed by atoms with E-state index in [1.165, 1.54) is 6.42 Å². The number of hydrogen-bond acceptors (Lipinski definition) is 4. The standard InChI is InChI=1S/C17H26N4O2.ClH/c1-2-21-9-5-6-12(21)11-18-16(22)10-15-13-7-3-4-8-14(13)17(23)20-19-15;/h12H,2-11H2,1H3,(H,18,22)(H,20,23);1H. The van der Waals surface area contributed by atoms with Crippen molar-refractivity contribution in [2.45, 2.75) is 57.9 Å². The number of aromatic amines is 1. The van der Waals surface area contributed by atoms with Crippen LogP contribution in [0.1, 0.15) is 49.4 Å². The Morgan fingerprint density at radius 3 is 2.79 bits per heavy atom. The van der Waals surface area contributed by atoms with Crippen LogP contribution in [0.25, 0.3) is 0 Å². The topological polar surface area (TPSA) is 78.1 Å². The molecule has 2 heterocycles. The fourth-order valence-corrected chi connectivity index (χ4v) is 3.86. The Hall–Kier alpha value is -1.40. The van der Waals surface area contributed by atoms with Gasteiger partial charge in [0.1, 0.15) is 0 Å². The lowest BCUT2D eigenvalue weighted by atomic mass is 9.91. The van der Waals surface area contributed by atoms with Gasteiger partial charge in [0.25, 0.3) is 5.56 Å². The van der Waals surface area contributed by atoms with Gasteiger partial charge in [-0.3, -0.25) is 14.5 Å². The average molecular weight is 355 g/mol. The predicted octanol–water partition coefficient (Wildman–Crippen LogP) is 1.21. The summed E-state index contributed by atoms with van der Waals surface area (Å²) in [7, 11) is 0. The molecule has 0 aromatic carbocycles. The first-order valence-electron chi connectivity index (χ1n) is 8.79. The van der Waals surface area contributed by atoms with Gasteiger partial charge < -0.3 is 5.32 Å². The number of nitrogens with zero attached hydrogens (tertiary/aromatic N) is 2. The molecule has 1 aromatic heterocycles. The monoisotopic (exact) mass is 354 g/mol. The molecule has 0 bridgehead atoms. The van der Waals surface area contributed by atoms with E-state index in [0.29, 0.717) is 12.6 Å². The quantitative estimate of drug-likeness (QED) is 0.833. The number of fused-ring (bicyclic) bond motifs is 1. The summed E-state index contributed by atoms with van der Waals surface area (Å²) in [6.07, 6.45) is 6.40. The average Bonchev–Trinajstić information content (AvgIpc) is 3.03. The maximum Gasteiger partial charge on any atom is 0.267 e. The van der Waals surface area contributed by atoms with E-state index in [9.17, 15) is 9.59 Å². The van der Waals surface area contributed by atoms with Gasteiger partial charge in [-0.2, -0.15) is 5.10 Å². The minimum Gasteiger partial charge on any atom is -0.354 e. The molecule has 3 rings (SSSR count). The molecule has 7 heteroatoms. The van der Waals surface area contributed by atoms with Crippen molar-refractivity contribution >= 4 is 18.3 Å². The molecule has 6 nitrogen and oxygen atoms in total. The summed E-state index contributed by atoms with van der Waals surface area (Å²) in [6, 6.07) is 0.460. The third-order valence-corrected chi connectivity index (χ3v) is 5.15. The first kappa shape index (κ1) is 18.9. The number of aromatic nitrogens is 2. The molecular formula is C17H27ClN4O2. The summed E-state index contributed by atoms with van der Waals surface area (Å²) in [4.78, 5) is 26.5. The molecule has 0 saturated carbocycles. The normalized spacial score (nSPS) is 20.3. The van der Waals surface area contributed by atoms with Gasteiger partial charge in [0.15, 0.2) is 0 Å². The highest BCUT2D eigenvalue weighted by Gasteiger charge is 2.24. The zero-order valence-corrected chi connectivity index (χ0v) is 15.1. The predicted molar refractivity (Wildman–Crippen MR) is 95.7 cm³/mol. The highest BCUT2D eigenvalue weighted by Crippen LogP contribution is 2.20. The summed E-state index contributed by atoms with van der Waals surface area (Å²) in [5, 5.41) is 9.73. The second kappa shape index (κ2) is 8.62. The van der Waals surface area contributed by atoms with Crippen LogP contribution in [0, 0.1) is 0 Å². The van der Waals surface area contributed by atoms with Crippen LogP contribution in [0.5, 0.6) is 0 Å². The third kappa shape index (κ3) is 4.16. The number of amides is 1. The van der Waals surface area contributed by atoms with E-state index >= 15 is 0 Å². The van der Waals surface area contributed by atoms with E-state index in [-0.39, 0.29) is 30.3 Å². The number of carbonyl (C=O) groups is 1. The lowest BCUT2D eigenvalue weighted by Crippen LogP contribution is -2.40. The Kier molecular flexibility index (Phi) is 6.80. The van der Waals surface area contributed by atoms with Crippen LogP contribution in [0.3, 0.4) is 0 Å². The van der Waals surface area contributed by atoms with Crippen molar-refractivity contribution in [3.63, 3.8) is 0 Å². The summed E-state index contributed by atoms with van der Waals surface area (Å²) in [5.41, 5.74) is 2.50. The summed E-state index contributed by atoms with van der Waals surface area (Å²) >= 11 is 0. The summed E-state index contributed by atoms with van der Waals surface area (Å²) < 4.78 is 0. The molecule has 2 N–H and O–H groups in total. The fraction of sp³-hybridized carbons (Fsp3) is 0.706. The second-order valence-corrected chi connectivity index (χ2v) is 6.57. The highest BCUT2D eigenvalue weighted by molar-refractivity contribution is 5.85. The molecule has 1 aliphatic carbocycles. The van der Waals surface area contributed by atoms with E-state index in [1.54, 1.807) is 0 Å². The fourth-order valence-electron chi connectivity index (χ4n) is 3.86. The Labute approximate surface area is 148 Å². The molecule has 1 aromatic rings. The summed E-state index contributed by atoms with van der Waals surface area (Å²) in [5.74, 6) is 0.000255. The van der Waals surface area contributed by atoms with Crippen molar-refractivity contribution in [1.82, 2.24) is 20.4 Å². The van der Waals surface area contributed by atoms with Crippen LogP contribution in [-0.2, 0) is 24.1 Å². The number of hydrogen-bond donors (Lipinski definition) is 2. The van der Waals surface area contributed by atoms with Crippen molar-refractivity contribution in [3.05, 3.63) is 27.2 Å². The van der Waals surface area contributed by atoms with E-state index < -0.39 is 0 Å². The van der Waals surface area contributed by atoms with Crippen molar-refractivity contribution < 1.29 is 4.79 Å². The van der Waals surface area contributed by atoms with Crippen LogP contribution in [0.4, 0.5) is 0 Å². The van der Waals surface area contributed by atoms with Crippen molar-refractivity contribution in [1.29, 1.82) is 0 Å². The maximum absolute atomic E-state index is 12.3. The molecular weight excluding hydrogens is 328 g/mol. The highest BCUT2D eigenvalue weighted by atomic mass is 35.5. The van der Waals surface area contributed by atoms with Crippen molar-refractivity contribution in [3.8, 4) is 0 Å². The van der Waals surface area contributed by atoms with Crippen molar-refractivity contribution in [2.75, 3.05) is 19.6 Å². The number of rotatable bonds is 5. The third-order valence-electron chi connectivity index (χ3n) is 5.15. The van der Waals surface area contributed by atoms with Gasteiger partial charge in [-0.05, 0) is 57.2 Å². The molecule has 1 atom stereocenters. The Morgan fingerprint density at radius 2 is 2.04 bits per heavy atom. The Balaban J connectivity index is 0.00000208. The number of carbonyl (C=O) groups excluding carboxylic acids is 1. The molecule has 24 heavy (non-hydrogen) atoms. The lowest BCUT2D eigenvalue weighted by molar-refractivity contribution is -0.120. The molecule has 134 valence electrons. The van der Waals surface area contributed by atoms with E-state index in [2.05, 4.69) is 27.3 Å². The van der Waals surface area contributed by atoms with E-state index in [1.807, 2.05) is 0 Å². The maximum atomic E-state index is 12.3. The Bertz CT molecular complexity index is 632. The largest absolute Gasteiger partial charge is 0.354 e. The van der Waals surface area contributed by atoms with Crippen molar-refractivity contribution in [2.24, 2.45) is 0 Å². The van der Waals surface area contributed by atoms with Crippen LogP contribution in [-0.4, -0.2) is 46.7 Å². The minimum absolute atomic E-state index is 0. The van der Waals surface area contributed by atoms with Gasteiger partial charge in [-0.1, -0.05) is 6.92 Å². The van der Waals surface area contributed by atoms with Crippen LogP contribution in [0.15, 0.2) is 4.79 Å². The van der Waals surface area contributed by atoms with Gasteiger partial charge in [0, 0.05) is 18.2 Å². The molecule has 1 saturated heterocycles. The molecule has 1 amide bonds. The number of H-pyrrole nitrogens is 1. The smallest absolute Gasteiger partial charge is 0.267 e. The number of likely N-dealkylation sites (N-methyl/N-ethyl adjacent to an activating group) is 1. The zero-order chi connectivity index (χ0) is 16.2. The van der Waals surface area contributed by atoms with Gasteiger partial charge >= 0.3 is 0 Å². The lowest BCUT2D eigenvalue weighted by Gasteiger charge is -2.23. The molecule has 2 aliphatic rings. The minimum atomic E-state index is -0.0894. The van der Waals surface area contributed by atoms with Crippen LogP contribution in [0.2, 0.25) is 0 Å². The first-order chi connectivity index (χ1) is 11.2. The van der Waals surface area contributed by atoms with Crippen LogP contribution >= 0.6 is 12.4 Å². The second-order valence-electron chi connectivity index (χ2n) is 6.57. The zero-order valence-electron chi connectivity index (χ0n) is 14.3. The van der Waals surface area contributed by atoms with Gasteiger partial charge in [0.2, 0.25) is 5.91 Å². The van der Waals surface area contributed by atoms with Gasteiger partial charge in [0.05, 0.1) is 12.1 Å². The van der Waals surface area contributed by atoms with Crippen LogP contribution < -0.4 is 10.9 Å². The van der Waals surface area contributed by atoms with E-state index in [0.717, 1.165) is 62.0 Å². The molecule has 1 aliphatic heterocycles. The number of halogens is 1. The first-order valence-corrected chi connectivity index (χ1v) is 8.79. The number of nitrogens with one attached hydrogen (secondary N) is 2. The summed E-state index contributed by atoms with van der Waals surface area (Å²) in [6.45, 7) is 5.04. The number of likely N-dealkylation sites (tertiary alicyclic amines) is 1.